The molecule has 1 N–H and O–H groups in total. The van der Waals surface area contributed by atoms with Gasteiger partial charge in [0.25, 0.3) is 0 Å². The molecule has 15 heavy (non-hydrogen) atoms. The zero-order valence-electron chi connectivity index (χ0n) is 9.29. The van der Waals surface area contributed by atoms with E-state index in [0.29, 0.717) is 6.04 Å². The zero-order valence-corrected chi connectivity index (χ0v) is 11.7. The molecule has 0 bridgehead atoms. The largest absolute Gasteiger partial charge is 0.309 e. The van der Waals surface area contributed by atoms with Crippen molar-refractivity contribution in [2.24, 2.45) is 11.8 Å². The van der Waals surface area contributed by atoms with Crippen molar-refractivity contribution >= 4 is 27.3 Å². The molecular formula is C12H18BrNS. The molecular weight excluding hydrogens is 270 g/mol. The van der Waals surface area contributed by atoms with E-state index < -0.39 is 0 Å². The third kappa shape index (κ3) is 3.30. The SMILES string of the molecule is CC(NCC(C)C1CC1)c1cc(Br)cs1. The lowest BCUT2D eigenvalue weighted by Gasteiger charge is -2.16. The van der Waals surface area contributed by atoms with Crippen LogP contribution in [0.4, 0.5) is 0 Å². The van der Waals surface area contributed by atoms with E-state index in [1.807, 2.05) is 11.3 Å². The van der Waals surface area contributed by atoms with Gasteiger partial charge >= 0.3 is 0 Å². The van der Waals surface area contributed by atoms with Crippen LogP contribution in [0.1, 0.15) is 37.6 Å². The summed E-state index contributed by atoms with van der Waals surface area (Å²) in [5, 5.41) is 5.77. The van der Waals surface area contributed by atoms with Gasteiger partial charge in [-0.1, -0.05) is 6.92 Å². The van der Waals surface area contributed by atoms with E-state index in [4.69, 9.17) is 0 Å². The van der Waals surface area contributed by atoms with Gasteiger partial charge in [-0.3, -0.25) is 0 Å². The summed E-state index contributed by atoms with van der Waals surface area (Å²) in [4.78, 5) is 1.42. The number of hydrogen-bond acceptors (Lipinski definition) is 2. The zero-order chi connectivity index (χ0) is 10.8. The second-order valence-corrected chi connectivity index (χ2v) is 6.47. The van der Waals surface area contributed by atoms with Crippen LogP contribution in [0.25, 0.3) is 0 Å². The molecule has 1 nitrogen and oxygen atoms in total. The molecule has 1 fully saturated rings. The highest BCUT2D eigenvalue weighted by Gasteiger charge is 2.27. The smallest absolute Gasteiger partial charge is 0.0386 e. The summed E-state index contributed by atoms with van der Waals surface area (Å²) in [7, 11) is 0. The predicted octanol–water partition coefficient (Wildman–Crippen LogP) is 4.21. The molecule has 1 heterocycles. The highest BCUT2D eigenvalue weighted by atomic mass is 79.9. The fourth-order valence-corrected chi connectivity index (χ4v) is 3.33. The van der Waals surface area contributed by atoms with Gasteiger partial charge in [-0.25, -0.2) is 0 Å². The Morgan fingerprint density at radius 2 is 2.27 bits per heavy atom. The van der Waals surface area contributed by atoms with E-state index >= 15 is 0 Å². The highest BCUT2D eigenvalue weighted by Crippen LogP contribution is 2.36. The molecule has 1 saturated carbocycles. The molecule has 1 aliphatic rings. The van der Waals surface area contributed by atoms with E-state index in [9.17, 15) is 0 Å². The first-order chi connectivity index (χ1) is 7.16. The van der Waals surface area contributed by atoms with Crippen LogP contribution in [0.15, 0.2) is 15.9 Å². The van der Waals surface area contributed by atoms with Gasteiger partial charge in [0.2, 0.25) is 0 Å². The van der Waals surface area contributed by atoms with Crippen molar-refractivity contribution in [3.8, 4) is 0 Å². The Bertz CT molecular complexity index is 319. The highest BCUT2D eigenvalue weighted by molar-refractivity contribution is 9.10. The minimum atomic E-state index is 0.488. The van der Waals surface area contributed by atoms with E-state index in [2.05, 4.69) is 46.5 Å². The summed E-state index contributed by atoms with van der Waals surface area (Å²) in [5.41, 5.74) is 0. The second-order valence-electron chi connectivity index (χ2n) is 4.61. The third-order valence-electron chi connectivity index (χ3n) is 3.19. The summed E-state index contributed by atoms with van der Waals surface area (Å²) in [6.07, 6.45) is 2.89. The lowest BCUT2D eigenvalue weighted by molar-refractivity contribution is 0.434. The van der Waals surface area contributed by atoms with Crippen LogP contribution < -0.4 is 5.32 Å². The fraction of sp³-hybridized carbons (Fsp3) is 0.667. The van der Waals surface area contributed by atoms with Crippen molar-refractivity contribution < 1.29 is 0 Å². The van der Waals surface area contributed by atoms with E-state index in [1.165, 1.54) is 22.2 Å². The number of rotatable bonds is 5. The van der Waals surface area contributed by atoms with Crippen molar-refractivity contribution in [3.05, 3.63) is 20.8 Å². The average Bonchev–Trinajstić information content (AvgIpc) is 2.97. The Hall–Kier alpha value is 0.140. The van der Waals surface area contributed by atoms with Crippen LogP contribution in [0.5, 0.6) is 0 Å². The summed E-state index contributed by atoms with van der Waals surface area (Å²) in [6, 6.07) is 2.70. The van der Waals surface area contributed by atoms with E-state index in [1.54, 1.807) is 0 Å². The maximum Gasteiger partial charge on any atom is 0.0386 e. The van der Waals surface area contributed by atoms with Gasteiger partial charge in [0.1, 0.15) is 0 Å². The van der Waals surface area contributed by atoms with Gasteiger partial charge in [-0.15, -0.1) is 11.3 Å². The van der Waals surface area contributed by atoms with Crippen LogP contribution in [0.2, 0.25) is 0 Å². The maximum atomic E-state index is 3.62. The lowest BCUT2D eigenvalue weighted by atomic mass is 10.1. The summed E-state index contributed by atoms with van der Waals surface area (Å²) in [5.74, 6) is 1.84. The molecule has 2 unspecified atom stereocenters. The molecule has 1 aromatic heterocycles. The molecule has 0 radical (unpaired) electrons. The Balaban J connectivity index is 1.78. The van der Waals surface area contributed by atoms with Gasteiger partial charge < -0.3 is 5.32 Å². The first-order valence-electron chi connectivity index (χ1n) is 5.64. The molecule has 0 amide bonds. The lowest BCUT2D eigenvalue weighted by Crippen LogP contribution is -2.24. The molecule has 84 valence electrons. The summed E-state index contributed by atoms with van der Waals surface area (Å²) in [6.45, 7) is 5.76. The molecule has 2 atom stereocenters. The summed E-state index contributed by atoms with van der Waals surface area (Å²) < 4.78 is 1.20. The second kappa shape index (κ2) is 4.98. The molecule has 0 spiro atoms. The Labute approximate surface area is 104 Å². The van der Waals surface area contributed by atoms with Crippen LogP contribution in [0, 0.1) is 11.8 Å². The Kier molecular flexibility index (Phi) is 3.86. The Morgan fingerprint density at radius 1 is 1.53 bits per heavy atom. The van der Waals surface area contributed by atoms with Gasteiger partial charge in [0.15, 0.2) is 0 Å². The van der Waals surface area contributed by atoms with Gasteiger partial charge in [0.05, 0.1) is 0 Å². The van der Waals surface area contributed by atoms with Crippen molar-refractivity contribution in [1.29, 1.82) is 0 Å². The van der Waals surface area contributed by atoms with E-state index in [-0.39, 0.29) is 0 Å². The van der Waals surface area contributed by atoms with Crippen molar-refractivity contribution in [2.75, 3.05) is 6.54 Å². The minimum Gasteiger partial charge on any atom is -0.309 e. The average molecular weight is 288 g/mol. The van der Waals surface area contributed by atoms with Crippen molar-refractivity contribution in [1.82, 2.24) is 5.32 Å². The predicted molar refractivity (Wildman–Crippen MR) is 70.3 cm³/mol. The number of nitrogens with one attached hydrogen (secondary N) is 1. The fourth-order valence-electron chi connectivity index (χ4n) is 1.85. The minimum absolute atomic E-state index is 0.488. The van der Waals surface area contributed by atoms with Crippen LogP contribution in [-0.4, -0.2) is 6.54 Å². The van der Waals surface area contributed by atoms with Gasteiger partial charge in [0, 0.05) is 20.8 Å². The molecule has 1 aliphatic carbocycles. The van der Waals surface area contributed by atoms with Gasteiger partial charge in [-0.2, -0.15) is 0 Å². The monoisotopic (exact) mass is 287 g/mol. The van der Waals surface area contributed by atoms with Crippen molar-refractivity contribution in [3.63, 3.8) is 0 Å². The number of hydrogen-bond donors (Lipinski definition) is 1. The van der Waals surface area contributed by atoms with Crippen LogP contribution in [0.3, 0.4) is 0 Å². The van der Waals surface area contributed by atoms with E-state index in [0.717, 1.165) is 18.4 Å². The standard InChI is InChI=1S/C12H18BrNS/c1-8(10-3-4-10)6-14-9(2)12-5-11(13)7-15-12/h5,7-10,14H,3-4,6H2,1-2H3. The molecule has 0 aliphatic heterocycles. The Morgan fingerprint density at radius 3 is 2.80 bits per heavy atom. The molecule has 0 aromatic carbocycles. The van der Waals surface area contributed by atoms with Crippen LogP contribution in [-0.2, 0) is 0 Å². The number of thiophene rings is 1. The molecule has 1 aromatic rings. The number of halogens is 1. The summed E-state index contributed by atoms with van der Waals surface area (Å²) >= 11 is 5.32. The molecule has 3 heteroatoms. The normalized spacial score (nSPS) is 20.2. The van der Waals surface area contributed by atoms with Gasteiger partial charge in [-0.05, 0) is 60.1 Å². The first kappa shape index (κ1) is 11.6. The molecule has 2 rings (SSSR count). The molecule has 0 saturated heterocycles. The van der Waals surface area contributed by atoms with Crippen LogP contribution >= 0.6 is 27.3 Å². The van der Waals surface area contributed by atoms with Crippen molar-refractivity contribution in [2.45, 2.75) is 32.7 Å². The quantitative estimate of drug-likeness (QED) is 0.856. The first-order valence-corrected chi connectivity index (χ1v) is 7.31. The maximum absolute atomic E-state index is 3.62. The topological polar surface area (TPSA) is 12.0 Å². The third-order valence-corrected chi connectivity index (χ3v) is 5.06.